The lowest BCUT2D eigenvalue weighted by molar-refractivity contribution is -0.143. The van der Waals surface area contributed by atoms with Crippen molar-refractivity contribution in [3.05, 3.63) is 78.1 Å². The summed E-state index contributed by atoms with van der Waals surface area (Å²) in [4.78, 5) is 34.6. The number of pyridine rings is 1. The predicted molar refractivity (Wildman–Crippen MR) is 156 cm³/mol. The standard InChI is InChI=1S/C32H37N3O7/c1-2-3-14-35(24-8-6-13-33-17-24)30(37)19-34-18-25(22-10-11-28-29(16-22)42-21-41-28)31(32(38)39)26(34)12-15-40-27-9-5-4-7-23(27)20-36/h4-11,13,16-17,25-26,31,36H,2-3,12,14-15,18-21H2,1H3,(H,38,39)/t25-,26+,31-/m1/s1. The molecule has 2 aromatic carbocycles. The molecule has 3 aromatic rings. The van der Waals surface area contributed by atoms with E-state index in [9.17, 15) is 19.8 Å². The molecule has 0 unspecified atom stereocenters. The highest BCUT2D eigenvalue weighted by Crippen LogP contribution is 2.43. The lowest BCUT2D eigenvalue weighted by Gasteiger charge is -2.29. The third-order valence-electron chi connectivity index (χ3n) is 8.00. The normalized spacial score (nSPS) is 19.5. The number of rotatable bonds is 13. The van der Waals surface area contributed by atoms with Gasteiger partial charge in [0.1, 0.15) is 5.75 Å². The predicted octanol–water partition coefficient (Wildman–Crippen LogP) is 4.07. The molecule has 1 aromatic heterocycles. The Balaban J connectivity index is 1.41. The minimum Gasteiger partial charge on any atom is -0.493 e. The van der Waals surface area contributed by atoms with E-state index in [2.05, 4.69) is 11.9 Å². The van der Waals surface area contributed by atoms with Crippen molar-refractivity contribution in [2.45, 2.75) is 44.8 Å². The van der Waals surface area contributed by atoms with E-state index in [1.807, 2.05) is 41.3 Å². The van der Waals surface area contributed by atoms with E-state index in [0.717, 1.165) is 24.1 Å². The highest BCUT2D eigenvalue weighted by molar-refractivity contribution is 5.94. The summed E-state index contributed by atoms with van der Waals surface area (Å²) in [5.41, 5.74) is 2.21. The second-order valence-corrected chi connectivity index (χ2v) is 10.6. The van der Waals surface area contributed by atoms with Gasteiger partial charge in [-0.25, -0.2) is 0 Å². The number of fused-ring (bicyclic) bond motifs is 1. The number of likely N-dealkylation sites (tertiary alicyclic amines) is 1. The molecule has 0 spiro atoms. The van der Waals surface area contributed by atoms with Crippen LogP contribution in [0.25, 0.3) is 0 Å². The maximum absolute atomic E-state index is 13.8. The first kappa shape index (κ1) is 29.3. The second-order valence-electron chi connectivity index (χ2n) is 10.6. The lowest BCUT2D eigenvalue weighted by Crippen LogP contribution is -2.45. The fraction of sp³-hybridized carbons (Fsp3) is 0.406. The number of anilines is 1. The van der Waals surface area contributed by atoms with Crippen molar-refractivity contribution in [3.63, 3.8) is 0 Å². The third-order valence-corrected chi connectivity index (χ3v) is 8.00. The zero-order valence-corrected chi connectivity index (χ0v) is 23.7. The van der Waals surface area contributed by atoms with Crippen molar-refractivity contribution in [2.75, 3.05) is 37.9 Å². The van der Waals surface area contributed by atoms with E-state index in [-0.39, 0.29) is 38.4 Å². The van der Waals surface area contributed by atoms with E-state index >= 15 is 0 Å². The Hall–Kier alpha value is -4.15. The number of ether oxygens (including phenoxy) is 3. The van der Waals surface area contributed by atoms with Crippen LogP contribution >= 0.6 is 0 Å². The van der Waals surface area contributed by atoms with Crippen LogP contribution in [0.5, 0.6) is 17.2 Å². The van der Waals surface area contributed by atoms with Crippen LogP contribution < -0.4 is 19.1 Å². The molecule has 0 aliphatic carbocycles. The Kier molecular flexibility index (Phi) is 9.55. The number of aliphatic carboxylic acids is 1. The fourth-order valence-electron chi connectivity index (χ4n) is 5.89. The number of aliphatic hydroxyl groups is 1. The molecule has 10 nitrogen and oxygen atoms in total. The highest BCUT2D eigenvalue weighted by atomic mass is 16.7. The van der Waals surface area contributed by atoms with Crippen LogP contribution in [0, 0.1) is 5.92 Å². The van der Waals surface area contributed by atoms with E-state index in [4.69, 9.17) is 14.2 Å². The van der Waals surface area contributed by atoms with E-state index in [0.29, 0.717) is 42.3 Å². The number of carbonyl (C=O) groups excluding carboxylic acids is 1. The van der Waals surface area contributed by atoms with Crippen molar-refractivity contribution < 1.29 is 34.0 Å². The molecule has 10 heteroatoms. The number of benzene rings is 2. The first-order chi connectivity index (χ1) is 20.5. The number of carbonyl (C=O) groups is 2. The first-order valence-electron chi connectivity index (χ1n) is 14.4. The zero-order valence-electron chi connectivity index (χ0n) is 23.7. The van der Waals surface area contributed by atoms with Gasteiger partial charge in [0.25, 0.3) is 0 Å². The number of carboxylic acid groups (broad SMARTS) is 1. The van der Waals surface area contributed by atoms with Gasteiger partial charge in [-0.3, -0.25) is 19.5 Å². The summed E-state index contributed by atoms with van der Waals surface area (Å²) in [6.45, 7) is 3.26. The van der Waals surface area contributed by atoms with E-state index < -0.39 is 17.9 Å². The molecule has 3 heterocycles. The summed E-state index contributed by atoms with van der Waals surface area (Å²) in [5.74, 6) is -0.409. The van der Waals surface area contributed by atoms with Crippen molar-refractivity contribution in [3.8, 4) is 17.2 Å². The summed E-state index contributed by atoms with van der Waals surface area (Å²) in [5, 5.41) is 20.2. The van der Waals surface area contributed by atoms with Crippen molar-refractivity contribution in [1.29, 1.82) is 0 Å². The fourth-order valence-corrected chi connectivity index (χ4v) is 5.89. The van der Waals surface area contributed by atoms with Crippen LogP contribution in [0.15, 0.2) is 67.0 Å². The Labute approximate surface area is 245 Å². The summed E-state index contributed by atoms with van der Waals surface area (Å²) < 4.78 is 17.1. The minimum atomic E-state index is -0.927. The maximum atomic E-state index is 13.8. The van der Waals surface area contributed by atoms with Gasteiger partial charge in [-0.05, 0) is 48.7 Å². The molecular formula is C32H37N3O7. The molecule has 0 bridgehead atoms. The van der Waals surface area contributed by atoms with Crippen LogP contribution in [-0.2, 0) is 16.2 Å². The van der Waals surface area contributed by atoms with Gasteiger partial charge >= 0.3 is 5.97 Å². The Morgan fingerprint density at radius 2 is 1.95 bits per heavy atom. The molecule has 3 atom stereocenters. The molecule has 1 saturated heterocycles. The quantitative estimate of drug-likeness (QED) is 0.311. The summed E-state index contributed by atoms with van der Waals surface area (Å²) >= 11 is 0. The number of carboxylic acids is 1. The molecule has 2 aliphatic rings. The molecule has 0 radical (unpaired) electrons. The van der Waals surface area contributed by atoms with Gasteiger partial charge in [-0.15, -0.1) is 0 Å². The largest absolute Gasteiger partial charge is 0.493 e. The third kappa shape index (κ3) is 6.50. The monoisotopic (exact) mass is 575 g/mol. The highest BCUT2D eigenvalue weighted by Gasteiger charge is 2.47. The number of aromatic nitrogens is 1. The van der Waals surface area contributed by atoms with Crippen LogP contribution in [-0.4, -0.2) is 71.0 Å². The number of para-hydroxylation sites is 1. The Morgan fingerprint density at radius 3 is 2.71 bits per heavy atom. The molecule has 1 amide bonds. The minimum absolute atomic E-state index is 0.0569. The van der Waals surface area contributed by atoms with Gasteiger partial charge < -0.3 is 29.3 Å². The molecular weight excluding hydrogens is 538 g/mol. The number of hydrogen-bond acceptors (Lipinski definition) is 8. The van der Waals surface area contributed by atoms with Gasteiger partial charge in [0.2, 0.25) is 12.7 Å². The number of aliphatic hydroxyl groups excluding tert-OH is 1. The van der Waals surface area contributed by atoms with Gasteiger partial charge in [0, 0.05) is 36.8 Å². The zero-order chi connectivity index (χ0) is 29.5. The van der Waals surface area contributed by atoms with Crippen molar-refractivity contribution >= 4 is 17.6 Å². The summed E-state index contributed by atoms with van der Waals surface area (Å²) in [7, 11) is 0. The average Bonchev–Trinajstić information content (AvgIpc) is 3.62. The average molecular weight is 576 g/mol. The maximum Gasteiger partial charge on any atom is 0.308 e. The second kappa shape index (κ2) is 13.7. The molecule has 1 fully saturated rings. The molecule has 0 saturated carbocycles. The van der Waals surface area contributed by atoms with Crippen molar-refractivity contribution in [1.82, 2.24) is 9.88 Å². The van der Waals surface area contributed by atoms with Gasteiger partial charge in [0.05, 0.1) is 37.6 Å². The van der Waals surface area contributed by atoms with Crippen LogP contribution in [0.2, 0.25) is 0 Å². The molecule has 2 aliphatic heterocycles. The molecule has 222 valence electrons. The molecule has 42 heavy (non-hydrogen) atoms. The number of unbranched alkanes of at least 4 members (excludes halogenated alkanes) is 1. The van der Waals surface area contributed by atoms with E-state index in [1.165, 1.54) is 0 Å². The van der Waals surface area contributed by atoms with Crippen LogP contribution in [0.3, 0.4) is 0 Å². The Bertz CT molecular complexity index is 1370. The number of nitrogens with zero attached hydrogens (tertiary/aromatic N) is 3. The smallest absolute Gasteiger partial charge is 0.308 e. The van der Waals surface area contributed by atoms with Crippen LogP contribution in [0.1, 0.15) is 43.2 Å². The molecule has 2 N–H and O–H groups in total. The summed E-state index contributed by atoms with van der Waals surface area (Å²) in [6.07, 6.45) is 5.49. The lowest BCUT2D eigenvalue weighted by atomic mass is 9.84. The molecule has 5 rings (SSSR count). The van der Waals surface area contributed by atoms with E-state index in [1.54, 1.807) is 35.5 Å². The topological polar surface area (TPSA) is 122 Å². The summed E-state index contributed by atoms with van der Waals surface area (Å²) in [6, 6.07) is 16.0. The number of hydrogen-bond donors (Lipinski definition) is 2. The van der Waals surface area contributed by atoms with Gasteiger partial charge in [0.15, 0.2) is 11.5 Å². The Morgan fingerprint density at radius 1 is 1.12 bits per heavy atom. The van der Waals surface area contributed by atoms with Gasteiger partial charge in [-0.2, -0.15) is 0 Å². The SMILES string of the molecule is CCCCN(C(=O)CN1C[C@H](c2ccc3c(c2)OCO3)[C@@H](C(=O)O)[C@@H]1CCOc1ccccc1CO)c1cccnc1. The van der Waals surface area contributed by atoms with Crippen LogP contribution in [0.4, 0.5) is 5.69 Å². The van der Waals surface area contributed by atoms with Crippen molar-refractivity contribution in [2.24, 2.45) is 5.92 Å². The van der Waals surface area contributed by atoms with Gasteiger partial charge in [-0.1, -0.05) is 37.6 Å². The first-order valence-corrected chi connectivity index (χ1v) is 14.4. The number of amides is 1.